The Morgan fingerprint density at radius 1 is 1.53 bits per heavy atom. The molecule has 0 aromatic heterocycles. The van der Waals surface area contributed by atoms with E-state index in [-0.39, 0.29) is 11.6 Å². The molecule has 0 aliphatic carbocycles. The van der Waals surface area contributed by atoms with Gasteiger partial charge in [0.05, 0.1) is 12.2 Å². The summed E-state index contributed by atoms with van der Waals surface area (Å²) >= 11 is 0. The van der Waals surface area contributed by atoms with Crippen LogP contribution in [0.15, 0.2) is 18.2 Å². The molecule has 0 amide bonds. The zero-order valence-electron chi connectivity index (χ0n) is 10.1. The fraction of sp³-hybridized carbons (Fsp3) is 0.462. The summed E-state index contributed by atoms with van der Waals surface area (Å²) in [5.74, 6) is -0.232. The summed E-state index contributed by atoms with van der Waals surface area (Å²) in [7, 11) is 0. The van der Waals surface area contributed by atoms with Crippen molar-refractivity contribution in [2.24, 2.45) is 0 Å². The van der Waals surface area contributed by atoms with Crippen molar-refractivity contribution in [1.82, 2.24) is 5.32 Å². The largest absolute Gasteiger partial charge is 0.493 e. The zero-order valence-corrected chi connectivity index (χ0v) is 10.1. The van der Waals surface area contributed by atoms with Crippen molar-refractivity contribution in [3.05, 3.63) is 29.3 Å². The highest BCUT2D eigenvalue weighted by Crippen LogP contribution is 2.33. The predicted molar refractivity (Wildman–Crippen MR) is 64.5 cm³/mol. The third kappa shape index (κ3) is 2.58. The zero-order chi connectivity index (χ0) is 12.4. The smallest absolute Gasteiger partial charge is 0.335 e. The van der Waals surface area contributed by atoms with Crippen molar-refractivity contribution in [2.45, 2.75) is 32.4 Å². The van der Waals surface area contributed by atoms with Crippen LogP contribution in [0.25, 0.3) is 0 Å². The highest BCUT2D eigenvalue weighted by atomic mass is 16.5. The van der Waals surface area contributed by atoms with Gasteiger partial charge in [-0.05, 0) is 12.1 Å². The standard InChI is InChI=1S/C13H17NO3/c1-8(2)14-11-5-6-17-12-7-9(13(15)16)3-4-10(11)12/h3-4,7-8,11,14H,5-6H2,1-2H3,(H,15,16). The van der Waals surface area contributed by atoms with Crippen molar-refractivity contribution in [3.63, 3.8) is 0 Å². The number of fused-ring (bicyclic) bond motifs is 1. The summed E-state index contributed by atoms with van der Waals surface area (Å²) < 4.78 is 5.52. The van der Waals surface area contributed by atoms with E-state index in [1.807, 2.05) is 6.07 Å². The lowest BCUT2D eigenvalue weighted by Gasteiger charge is -2.28. The molecule has 1 aliphatic rings. The van der Waals surface area contributed by atoms with E-state index in [9.17, 15) is 4.79 Å². The third-order valence-electron chi connectivity index (χ3n) is 2.83. The molecule has 4 nitrogen and oxygen atoms in total. The van der Waals surface area contributed by atoms with E-state index in [1.165, 1.54) is 0 Å². The van der Waals surface area contributed by atoms with E-state index in [2.05, 4.69) is 19.2 Å². The topological polar surface area (TPSA) is 58.6 Å². The van der Waals surface area contributed by atoms with Crippen LogP contribution in [0.2, 0.25) is 0 Å². The molecule has 1 aliphatic heterocycles. The number of aromatic carboxylic acids is 1. The highest BCUT2D eigenvalue weighted by molar-refractivity contribution is 5.88. The molecule has 0 saturated heterocycles. The van der Waals surface area contributed by atoms with Gasteiger partial charge in [0.25, 0.3) is 0 Å². The van der Waals surface area contributed by atoms with E-state index >= 15 is 0 Å². The fourth-order valence-electron chi connectivity index (χ4n) is 2.10. The van der Waals surface area contributed by atoms with Crippen LogP contribution in [0.4, 0.5) is 0 Å². The molecule has 1 unspecified atom stereocenters. The van der Waals surface area contributed by atoms with E-state index < -0.39 is 5.97 Å². The van der Waals surface area contributed by atoms with Gasteiger partial charge in [0.1, 0.15) is 5.75 Å². The minimum Gasteiger partial charge on any atom is -0.493 e. The van der Waals surface area contributed by atoms with Crippen LogP contribution in [0.1, 0.15) is 42.2 Å². The number of rotatable bonds is 3. The van der Waals surface area contributed by atoms with Gasteiger partial charge in [0.2, 0.25) is 0 Å². The molecule has 1 aromatic carbocycles. The molecule has 0 fully saturated rings. The summed E-state index contributed by atoms with van der Waals surface area (Å²) in [6.07, 6.45) is 0.914. The number of carbonyl (C=O) groups is 1. The van der Waals surface area contributed by atoms with Gasteiger partial charge in [-0.25, -0.2) is 4.79 Å². The van der Waals surface area contributed by atoms with E-state index in [0.717, 1.165) is 12.0 Å². The molecule has 2 rings (SSSR count). The molecule has 17 heavy (non-hydrogen) atoms. The Morgan fingerprint density at radius 3 is 2.94 bits per heavy atom. The normalized spacial score (nSPS) is 18.6. The van der Waals surface area contributed by atoms with Crippen LogP contribution in [0.5, 0.6) is 5.75 Å². The number of carboxylic acid groups (broad SMARTS) is 1. The Labute approximate surface area is 101 Å². The third-order valence-corrected chi connectivity index (χ3v) is 2.83. The number of ether oxygens (including phenoxy) is 1. The highest BCUT2D eigenvalue weighted by Gasteiger charge is 2.22. The first-order chi connectivity index (χ1) is 8.08. The lowest BCUT2D eigenvalue weighted by atomic mass is 9.98. The monoisotopic (exact) mass is 235 g/mol. The minimum absolute atomic E-state index is 0.251. The molecule has 0 saturated carbocycles. The van der Waals surface area contributed by atoms with Gasteiger partial charge in [-0.1, -0.05) is 19.9 Å². The lowest BCUT2D eigenvalue weighted by molar-refractivity contribution is 0.0696. The molecule has 0 radical (unpaired) electrons. The van der Waals surface area contributed by atoms with Crippen LogP contribution in [-0.2, 0) is 0 Å². The number of carboxylic acids is 1. The number of nitrogens with one attached hydrogen (secondary N) is 1. The summed E-state index contributed by atoms with van der Waals surface area (Å²) in [5.41, 5.74) is 1.32. The van der Waals surface area contributed by atoms with Gasteiger partial charge in [-0.3, -0.25) is 0 Å². The van der Waals surface area contributed by atoms with Crippen molar-refractivity contribution in [1.29, 1.82) is 0 Å². The minimum atomic E-state index is -0.921. The maximum absolute atomic E-state index is 10.9. The Kier molecular flexibility index (Phi) is 3.33. The van der Waals surface area contributed by atoms with Crippen LogP contribution >= 0.6 is 0 Å². The van der Waals surface area contributed by atoms with Gasteiger partial charge in [-0.15, -0.1) is 0 Å². The Morgan fingerprint density at radius 2 is 2.29 bits per heavy atom. The van der Waals surface area contributed by atoms with E-state index in [1.54, 1.807) is 12.1 Å². The van der Waals surface area contributed by atoms with Crippen LogP contribution in [-0.4, -0.2) is 23.7 Å². The van der Waals surface area contributed by atoms with Gasteiger partial charge >= 0.3 is 5.97 Å². The Balaban J connectivity index is 2.30. The molecule has 4 heteroatoms. The first kappa shape index (κ1) is 11.9. The second-order valence-corrected chi connectivity index (χ2v) is 4.57. The second-order valence-electron chi connectivity index (χ2n) is 4.57. The van der Waals surface area contributed by atoms with E-state index in [0.29, 0.717) is 18.4 Å². The molecule has 92 valence electrons. The molecule has 1 atom stereocenters. The SMILES string of the molecule is CC(C)NC1CCOc2cc(C(=O)O)ccc21. The Hall–Kier alpha value is -1.55. The molecular formula is C13H17NO3. The van der Waals surface area contributed by atoms with Crippen molar-refractivity contribution in [2.75, 3.05) is 6.61 Å². The Bertz CT molecular complexity index is 429. The number of benzene rings is 1. The van der Waals surface area contributed by atoms with Crippen molar-refractivity contribution < 1.29 is 14.6 Å². The van der Waals surface area contributed by atoms with Gasteiger partial charge in [0, 0.05) is 24.1 Å². The summed E-state index contributed by atoms with van der Waals surface area (Å²) in [6.45, 7) is 4.82. The van der Waals surface area contributed by atoms with Crippen LogP contribution < -0.4 is 10.1 Å². The maximum atomic E-state index is 10.9. The fourth-order valence-corrected chi connectivity index (χ4v) is 2.10. The van der Waals surface area contributed by atoms with Gasteiger partial charge in [-0.2, -0.15) is 0 Å². The number of hydrogen-bond acceptors (Lipinski definition) is 3. The lowest BCUT2D eigenvalue weighted by Crippen LogP contribution is -2.32. The maximum Gasteiger partial charge on any atom is 0.335 e. The van der Waals surface area contributed by atoms with Crippen molar-refractivity contribution >= 4 is 5.97 Å². The first-order valence-corrected chi connectivity index (χ1v) is 5.84. The van der Waals surface area contributed by atoms with Crippen LogP contribution in [0, 0.1) is 0 Å². The molecule has 1 aromatic rings. The molecule has 2 N–H and O–H groups in total. The molecule has 0 bridgehead atoms. The second kappa shape index (κ2) is 4.75. The van der Waals surface area contributed by atoms with E-state index in [4.69, 9.17) is 9.84 Å². The van der Waals surface area contributed by atoms with Crippen molar-refractivity contribution in [3.8, 4) is 5.75 Å². The molecule has 0 spiro atoms. The molecule has 1 heterocycles. The van der Waals surface area contributed by atoms with Gasteiger partial charge in [0.15, 0.2) is 0 Å². The summed E-state index contributed by atoms with van der Waals surface area (Å²) in [5, 5.41) is 12.4. The predicted octanol–water partition coefficient (Wildman–Crippen LogP) is 2.21. The average molecular weight is 235 g/mol. The van der Waals surface area contributed by atoms with Crippen LogP contribution in [0.3, 0.4) is 0 Å². The molecular weight excluding hydrogens is 218 g/mol. The number of hydrogen-bond donors (Lipinski definition) is 2. The summed E-state index contributed by atoms with van der Waals surface area (Å²) in [4.78, 5) is 10.9. The van der Waals surface area contributed by atoms with Gasteiger partial charge < -0.3 is 15.2 Å². The summed E-state index contributed by atoms with van der Waals surface area (Å²) in [6, 6.07) is 5.72. The average Bonchev–Trinajstić information content (AvgIpc) is 2.28. The first-order valence-electron chi connectivity index (χ1n) is 5.84. The quantitative estimate of drug-likeness (QED) is 0.843.